The molecule has 1 saturated heterocycles. The maximum atomic E-state index is 5.99. The van der Waals surface area contributed by atoms with Gasteiger partial charge in [0.1, 0.15) is 0 Å². The van der Waals surface area contributed by atoms with E-state index in [1.165, 1.54) is 57.8 Å². The Morgan fingerprint density at radius 2 is 1.72 bits per heavy atom. The van der Waals surface area contributed by atoms with Crippen molar-refractivity contribution in [3.8, 4) is 0 Å². The number of ether oxygens (including phenoxy) is 1. The highest BCUT2D eigenvalue weighted by Gasteiger charge is 2.63. The van der Waals surface area contributed by atoms with Gasteiger partial charge in [-0.25, -0.2) is 0 Å². The van der Waals surface area contributed by atoms with E-state index in [1.807, 2.05) is 0 Å². The summed E-state index contributed by atoms with van der Waals surface area (Å²) in [6.45, 7) is 7.75. The van der Waals surface area contributed by atoms with Gasteiger partial charge in [-0.15, -0.1) is 0 Å². The number of unbranched alkanes of at least 4 members (excludes halogenated alkanes) is 2. The highest BCUT2D eigenvalue weighted by molar-refractivity contribution is 5.12. The van der Waals surface area contributed by atoms with Crippen LogP contribution in [0.25, 0.3) is 0 Å². The van der Waals surface area contributed by atoms with Crippen LogP contribution in [0, 0.1) is 40.4 Å². The number of hydrogen-bond acceptors (Lipinski definition) is 1. The van der Waals surface area contributed by atoms with Crippen molar-refractivity contribution in [2.75, 3.05) is 0 Å². The van der Waals surface area contributed by atoms with Gasteiger partial charge in [-0.2, -0.15) is 0 Å². The smallest absolute Gasteiger partial charge is 0.0847 e. The van der Waals surface area contributed by atoms with Crippen LogP contribution in [-0.4, -0.2) is 12.2 Å². The molecular weight excluding hydrogens is 304 g/mol. The van der Waals surface area contributed by atoms with Gasteiger partial charge in [0.25, 0.3) is 0 Å². The molecule has 0 N–H and O–H groups in total. The molecule has 1 heterocycles. The topological polar surface area (TPSA) is 12.5 Å². The largest absolute Gasteiger partial charge is 0.370 e. The molecule has 142 valence electrons. The van der Waals surface area contributed by atoms with Gasteiger partial charge in [0.05, 0.1) is 12.2 Å². The van der Waals surface area contributed by atoms with E-state index in [1.54, 1.807) is 19.3 Å². The summed E-state index contributed by atoms with van der Waals surface area (Å²) in [5.41, 5.74) is 1.30. The van der Waals surface area contributed by atoms with Crippen LogP contribution in [0.1, 0.15) is 97.8 Å². The van der Waals surface area contributed by atoms with Crippen LogP contribution in [-0.2, 0) is 4.74 Å². The van der Waals surface area contributed by atoms with Gasteiger partial charge in [-0.05, 0) is 98.2 Å². The van der Waals surface area contributed by atoms with Gasteiger partial charge in [-0.3, -0.25) is 0 Å². The van der Waals surface area contributed by atoms with Crippen molar-refractivity contribution in [1.29, 1.82) is 0 Å². The summed E-state index contributed by atoms with van der Waals surface area (Å²) in [6.07, 6.45) is 19.2. The lowest BCUT2D eigenvalue weighted by Gasteiger charge is -2.60. The molecule has 1 heteroatoms. The summed E-state index contributed by atoms with van der Waals surface area (Å²) in [5, 5.41) is 0. The van der Waals surface area contributed by atoms with Crippen LogP contribution in [0.3, 0.4) is 0 Å². The van der Waals surface area contributed by atoms with E-state index < -0.39 is 0 Å². The highest BCUT2D eigenvalue weighted by Crippen LogP contribution is 2.69. The van der Waals surface area contributed by atoms with E-state index in [9.17, 15) is 0 Å². The molecular formula is C24H40O. The van der Waals surface area contributed by atoms with Crippen LogP contribution in [0.5, 0.6) is 0 Å². The Bertz CT molecular complexity index is 514. The average Bonchev–Trinajstić information content (AvgIpc) is 3.25. The van der Waals surface area contributed by atoms with E-state index in [-0.39, 0.29) is 0 Å². The molecule has 1 aliphatic heterocycles. The SMILES string of the molecule is CCCCCC1CC[C@H]2[C@@H]3CCC4CC5OC5C[C@]4(C)[C@@H]3CC[C@]12C. The second kappa shape index (κ2) is 5.98. The summed E-state index contributed by atoms with van der Waals surface area (Å²) >= 11 is 0. The highest BCUT2D eigenvalue weighted by atomic mass is 16.6. The molecule has 9 atom stereocenters. The Morgan fingerprint density at radius 1 is 0.880 bits per heavy atom. The van der Waals surface area contributed by atoms with Gasteiger partial charge in [0.15, 0.2) is 0 Å². The molecule has 0 amide bonds. The lowest BCUT2D eigenvalue weighted by Crippen LogP contribution is -2.53. The lowest BCUT2D eigenvalue weighted by atomic mass is 9.45. The fraction of sp³-hybridized carbons (Fsp3) is 1.00. The number of hydrogen-bond donors (Lipinski definition) is 0. The molecule has 0 bridgehead atoms. The average molecular weight is 345 g/mol. The molecule has 0 aromatic rings. The molecule has 4 unspecified atom stereocenters. The maximum Gasteiger partial charge on any atom is 0.0847 e. The first-order chi connectivity index (χ1) is 12.1. The van der Waals surface area contributed by atoms with Crippen LogP contribution in [0.4, 0.5) is 0 Å². The zero-order chi connectivity index (χ0) is 17.2. The second-order valence-corrected chi connectivity index (χ2v) is 11.1. The van der Waals surface area contributed by atoms with Gasteiger partial charge < -0.3 is 4.74 Å². The lowest BCUT2D eigenvalue weighted by molar-refractivity contribution is -0.107. The zero-order valence-corrected chi connectivity index (χ0v) is 16.9. The van der Waals surface area contributed by atoms with E-state index in [0.29, 0.717) is 23.0 Å². The number of rotatable bonds is 4. The molecule has 4 aliphatic carbocycles. The van der Waals surface area contributed by atoms with E-state index in [4.69, 9.17) is 4.74 Å². The monoisotopic (exact) mass is 344 g/mol. The first kappa shape index (κ1) is 17.1. The summed E-state index contributed by atoms with van der Waals surface area (Å²) in [7, 11) is 0. The third kappa shape index (κ3) is 2.50. The molecule has 5 aliphatic rings. The fourth-order valence-corrected chi connectivity index (χ4v) is 8.74. The zero-order valence-electron chi connectivity index (χ0n) is 16.9. The predicted molar refractivity (Wildman–Crippen MR) is 103 cm³/mol. The van der Waals surface area contributed by atoms with Crippen molar-refractivity contribution in [2.24, 2.45) is 40.4 Å². The summed E-state index contributed by atoms with van der Waals surface area (Å²) < 4.78 is 5.99. The summed E-state index contributed by atoms with van der Waals surface area (Å²) in [4.78, 5) is 0. The van der Waals surface area contributed by atoms with Crippen molar-refractivity contribution in [2.45, 2.75) is 110 Å². The van der Waals surface area contributed by atoms with Crippen molar-refractivity contribution < 1.29 is 4.74 Å². The Balaban J connectivity index is 1.34. The molecule has 5 fully saturated rings. The Kier molecular flexibility index (Phi) is 4.09. The molecule has 1 nitrogen and oxygen atoms in total. The van der Waals surface area contributed by atoms with E-state index in [2.05, 4.69) is 20.8 Å². The minimum absolute atomic E-state index is 0.613. The number of fused-ring (bicyclic) bond motifs is 6. The summed E-state index contributed by atoms with van der Waals surface area (Å²) in [6, 6.07) is 0. The van der Waals surface area contributed by atoms with E-state index >= 15 is 0 Å². The van der Waals surface area contributed by atoms with Gasteiger partial charge in [-0.1, -0.05) is 40.0 Å². The summed E-state index contributed by atoms with van der Waals surface area (Å²) in [5.74, 6) is 5.13. The van der Waals surface area contributed by atoms with Crippen LogP contribution >= 0.6 is 0 Å². The number of epoxide rings is 1. The normalized spacial score (nSPS) is 56.5. The Hall–Kier alpha value is -0.0400. The predicted octanol–water partition coefficient (Wildman–Crippen LogP) is 6.60. The van der Waals surface area contributed by atoms with Crippen molar-refractivity contribution in [3.05, 3.63) is 0 Å². The first-order valence-corrected chi connectivity index (χ1v) is 11.7. The van der Waals surface area contributed by atoms with Crippen LogP contribution in [0.15, 0.2) is 0 Å². The van der Waals surface area contributed by atoms with Crippen molar-refractivity contribution >= 4 is 0 Å². The minimum Gasteiger partial charge on any atom is -0.370 e. The first-order valence-electron chi connectivity index (χ1n) is 11.7. The van der Waals surface area contributed by atoms with E-state index in [0.717, 1.165) is 29.6 Å². The standard InChI is InChI=1S/C24H40O/c1-4-5-6-7-16-9-11-19-18-10-8-17-14-21-22(25-21)15-24(17,3)20(18)12-13-23(16,19)2/h16-22H,4-15H2,1-3H3/t16?,17?,18-,19-,20+,21?,22?,23+,24-/m0/s1. The minimum atomic E-state index is 0.613. The Morgan fingerprint density at radius 3 is 2.56 bits per heavy atom. The molecule has 25 heavy (non-hydrogen) atoms. The molecule has 0 aromatic carbocycles. The van der Waals surface area contributed by atoms with Crippen molar-refractivity contribution in [1.82, 2.24) is 0 Å². The molecule has 0 spiro atoms. The van der Waals surface area contributed by atoms with Crippen LogP contribution in [0.2, 0.25) is 0 Å². The fourth-order valence-electron chi connectivity index (χ4n) is 8.74. The quantitative estimate of drug-likeness (QED) is 0.413. The molecule has 0 radical (unpaired) electrons. The molecule has 5 rings (SSSR count). The van der Waals surface area contributed by atoms with Gasteiger partial charge in [0, 0.05) is 0 Å². The van der Waals surface area contributed by atoms with Gasteiger partial charge >= 0.3 is 0 Å². The second-order valence-electron chi connectivity index (χ2n) is 11.1. The van der Waals surface area contributed by atoms with Gasteiger partial charge in [0.2, 0.25) is 0 Å². The van der Waals surface area contributed by atoms with Crippen LogP contribution < -0.4 is 0 Å². The molecule has 0 aromatic heterocycles. The Labute approximate surface area is 155 Å². The maximum absolute atomic E-state index is 5.99. The molecule has 4 saturated carbocycles. The van der Waals surface area contributed by atoms with Crippen molar-refractivity contribution in [3.63, 3.8) is 0 Å². The third-order valence-corrected chi connectivity index (χ3v) is 10.3. The third-order valence-electron chi connectivity index (χ3n) is 10.3.